The van der Waals surface area contributed by atoms with Crippen molar-refractivity contribution in [1.29, 1.82) is 5.26 Å². The summed E-state index contributed by atoms with van der Waals surface area (Å²) < 4.78 is 6.82. The SMILES string of the molecule is COc1ccc(-c2nc(SCc3ccccc3)n(Cc3ccccc3)c(=O)c2C#N)cc1. The molecule has 0 radical (unpaired) electrons. The van der Waals surface area contributed by atoms with Crippen LogP contribution >= 0.6 is 11.8 Å². The van der Waals surface area contributed by atoms with E-state index in [0.717, 1.165) is 11.1 Å². The quantitative estimate of drug-likeness (QED) is 0.295. The minimum absolute atomic E-state index is 0.0372. The number of rotatable bonds is 7. The topological polar surface area (TPSA) is 67.9 Å². The van der Waals surface area contributed by atoms with Crippen LogP contribution in [-0.2, 0) is 12.3 Å². The van der Waals surface area contributed by atoms with E-state index in [0.29, 0.717) is 34.5 Å². The van der Waals surface area contributed by atoms with Crippen molar-refractivity contribution in [2.24, 2.45) is 0 Å². The molecule has 0 fully saturated rings. The maximum atomic E-state index is 13.4. The lowest BCUT2D eigenvalue weighted by Gasteiger charge is -2.15. The highest BCUT2D eigenvalue weighted by Crippen LogP contribution is 2.27. The van der Waals surface area contributed by atoms with Crippen LogP contribution in [0.5, 0.6) is 5.75 Å². The van der Waals surface area contributed by atoms with Gasteiger partial charge in [0.15, 0.2) is 5.16 Å². The normalized spacial score (nSPS) is 10.5. The largest absolute Gasteiger partial charge is 0.497 e. The van der Waals surface area contributed by atoms with Gasteiger partial charge in [-0.2, -0.15) is 5.26 Å². The minimum atomic E-state index is -0.340. The van der Waals surface area contributed by atoms with Crippen molar-refractivity contribution in [3.8, 4) is 23.1 Å². The van der Waals surface area contributed by atoms with Crippen LogP contribution in [0, 0.1) is 11.3 Å². The smallest absolute Gasteiger partial charge is 0.273 e. The van der Waals surface area contributed by atoms with E-state index in [-0.39, 0.29) is 11.1 Å². The molecule has 0 aliphatic heterocycles. The van der Waals surface area contributed by atoms with Crippen LogP contribution in [0.4, 0.5) is 0 Å². The van der Waals surface area contributed by atoms with E-state index in [1.54, 1.807) is 23.8 Å². The average Bonchev–Trinajstić information content (AvgIpc) is 2.85. The molecule has 0 unspecified atom stereocenters. The van der Waals surface area contributed by atoms with Gasteiger partial charge < -0.3 is 4.74 Å². The molecule has 0 spiro atoms. The molecule has 0 aliphatic rings. The third-order valence-electron chi connectivity index (χ3n) is 5.00. The molecule has 0 aliphatic carbocycles. The number of ether oxygens (including phenoxy) is 1. The lowest BCUT2D eigenvalue weighted by atomic mass is 10.1. The molecule has 0 saturated heterocycles. The fourth-order valence-electron chi connectivity index (χ4n) is 3.33. The monoisotopic (exact) mass is 439 g/mol. The molecule has 0 bridgehead atoms. The number of methoxy groups -OCH3 is 1. The predicted molar refractivity (Wildman–Crippen MR) is 127 cm³/mol. The van der Waals surface area contributed by atoms with Crippen molar-refractivity contribution >= 4 is 11.8 Å². The Kier molecular flexibility index (Phi) is 6.69. The van der Waals surface area contributed by atoms with Crippen molar-refractivity contribution in [3.05, 3.63) is 112 Å². The molecule has 0 saturated carbocycles. The first-order valence-electron chi connectivity index (χ1n) is 10.1. The highest BCUT2D eigenvalue weighted by molar-refractivity contribution is 7.98. The summed E-state index contributed by atoms with van der Waals surface area (Å²) in [5.74, 6) is 1.36. The van der Waals surface area contributed by atoms with Crippen molar-refractivity contribution in [2.45, 2.75) is 17.5 Å². The van der Waals surface area contributed by atoms with Crippen molar-refractivity contribution < 1.29 is 4.74 Å². The zero-order valence-corrected chi connectivity index (χ0v) is 18.4. The summed E-state index contributed by atoms with van der Waals surface area (Å²) >= 11 is 1.49. The van der Waals surface area contributed by atoms with Gasteiger partial charge in [-0.1, -0.05) is 72.4 Å². The average molecular weight is 440 g/mol. The van der Waals surface area contributed by atoms with Crippen LogP contribution in [0.1, 0.15) is 16.7 Å². The van der Waals surface area contributed by atoms with Gasteiger partial charge in [0.25, 0.3) is 5.56 Å². The van der Waals surface area contributed by atoms with Gasteiger partial charge in [-0.3, -0.25) is 9.36 Å². The van der Waals surface area contributed by atoms with Crippen molar-refractivity contribution in [1.82, 2.24) is 9.55 Å². The molecular formula is C26H21N3O2S. The second kappa shape index (κ2) is 9.99. The van der Waals surface area contributed by atoms with Crippen LogP contribution in [0.15, 0.2) is 94.9 Å². The molecule has 158 valence electrons. The first kappa shape index (κ1) is 21.4. The molecular weight excluding hydrogens is 418 g/mol. The number of benzene rings is 3. The van der Waals surface area contributed by atoms with Crippen LogP contribution < -0.4 is 10.3 Å². The Hall–Kier alpha value is -3.82. The Balaban J connectivity index is 1.81. The van der Waals surface area contributed by atoms with Gasteiger partial charge in [-0.05, 0) is 35.4 Å². The lowest BCUT2D eigenvalue weighted by Crippen LogP contribution is -2.27. The van der Waals surface area contributed by atoms with E-state index in [2.05, 4.69) is 6.07 Å². The molecule has 6 heteroatoms. The van der Waals surface area contributed by atoms with E-state index in [9.17, 15) is 10.1 Å². The minimum Gasteiger partial charge on any atom is -0.497 e. The molecule has 5 nitrogen and oxygen atoms in total. The van der Waals surface area contributed by atoms with Gasteiger partial charge >= 0.3 is 0 Å². The third-order valence-corrected chi connectivity index (χ3v) is 6.05. The number of hydrogen-bond donors (Lipinski definition) is 0. The second-order valence-electron chi connectivity index (χ2n) is 7.11. The number of thioether (sulfide) groups is 1. The summed E-state index contributed by atoms with van der Waals surface area (Å²) in [6.45, 7) is 0.349. The van der Waals surface area contributed by atoms with Crippen molar-refractivity contribution in [3.63, 3.8) is 0 Å². The maximum Gasteiger partial charge on any atom is 0.273 e. The molecule has 0 atom stereocenters. The summed E-state index contributed by atoms with van der Waals surface area (Å²) in [5.41, 5.74) is 2.89. The van der Waals surface area contributed by atoms with Gasteiger partial charge in [-0.25, -0.2) is 4.98 Å². The second-order valence-corrected chi connectivity index (χ2v) is 8.05. The zero-order chi connectivity index (χ0) is 22.3. The van der Waals surface area contributed by atoms with Gasteiger partial charge in [0.2, 0.25) is 0 Å². The van der Waals surface area contributed by atoms with E-state index in [1.807, 2.05) is 72.8 Å². The molecule has 4 aromatic rings. The molecule has 1 aromatic heterocycles. The molecule has 0 amide bonds. The Morgan fingerprint density at radius 2 is 1.56 bits per heavy atom. The fourth-order valence-corrected chi connectivity index (χ4v) is 4.28. The van der Waals surface area contributed by atoms with Gasteiger partial charge in [0.1, 0.15) is 17.4 Å². The van der Waals surface area contributed by atoms with Crippen molar-refractivity contribution in [2.75, 3.05) is 7.11 Å². The maximum absolute atomic E-state index is 13.4. The molecule has 4 rings (SSSR count). The fraction of sp³-hybridized carbons (Fsp3) is 0.115. The standard InChI is InChI=1S/C26H21N3O2S/c1-31-22-14-12-21(13-15-22)24-23(16-27)25(30)29(17-19-8-4-2-5-9-19)26(28-24)32-18-20-10-6-3-7-11-20/h2-15H,17-18H2,1H3. The first-order chi connectivity index (χ1) is 15.7. The summed E-state index contributed by atoms with van der Waals surface area (Å²) in [5, 5.41) is 10.4. The first-order valence-corrected chi connectivity index (χ1v) is 11.1. The van der Waals surface area contributed by atoms with Crippen LogP contribution in [0.2, 0.25) is 0 Å². The van der Waals surface area contributed by atoms with Crippen LogP contribution in [-0.4, -0.2) is 16.7 Å². The van der Waals surface area contributed by atoms with Gasteiger partial charge in [-0.15, -0.1) is 0 Å². The molecule has 1 heterocycles. The molecule has 32 heavy (non-hydrogen) atoms. The van der Waals surface area contributed by atoms with Crippen LogP contribution in [0.3, 0.4) is 0 Å². The van der Waals surface area contributed by atoms with Gasteiger partial charge in [0, 0.05) is 11.3 Å². The van der Waals surface area contributed by atoms with E-state index in [1.165, 1.54) is 11.8 Å². The highest BCUT2D eigenvalue weighted by Gasteiger charge is 2.19. The lowest BCUT2D eigenvalue weighted by molar-refractivity contribution is 0.415. The Labute approximate surface area is 191 Å². The zero-order valence-electron chi connectivity index (χ0n) is 17.6. The predicted octanol–water partition coefficient (Wildman–Crippen LogP) is 5.13. The Morgan fingerprint density at radius 1 is 0.938 bits per heavy atom. The van der Waals surface area contributed by atoms with E-state index >= 15 is 0 Å². The summed E-state index contributed by atoms with van der Waals surface area (Å²) in [4.78, 5) is 18.2. The van der Waals surface area contributed by atoms with Gasteiger partial charge in [0.05, 0.1) is 19.3 Å². The molecule has 0 N–H and O–H groups in total. The summed E-state index contributed by atoms with van der Waals surface area (Å²) in [6.07, 6.45) is 0. The Bertz CT molecular complexity index is 1300. The highest BCUT2D eigenvalue weighted by atomic mass is 32.2. The summed E-state index contributed by atoms with van der Waals surface area (Å²) in [7, 11) is 1.59. The third kappa shape index (κ3) is 4.74. The molecule has 3 aromatic carbocycles. The van der Waals surface area contributed by atoms with Crippen LogP contribution in [0.25, 0.3) is 11.3 Å². The van der Waals surface area contributed by atoms with E-state index < -0.39 is 0 Å². The Morgan fingerprint density at radius 3 is 2.16 bits per heavy atom. The number of nitrogens with zero attached hydrogens (tertiary/aromatic N) is 3. The number of hydrogen-bond acceptors (Lipinski definition) is 5. The van der Waals surface area contributed by atoms with E-state index in [4.69, 9.17) is 9.72 Å². The number of nitriles is 1. The number of aromatic nitrogens is 2. The summed E-state index contributed by atoms with van der Waals surface area (Å²) in [6, 6.07) is 29.1.